The van der Waals surface area contributed by atoms with Gasteiger partial charge in [-0.2, -0.15) is 0 Å². The Bertz CT molecular complexity index is 361. The summed E-state index contributed by atoms with van der Waals surface area (Å²) in [5.41, 5.74) is 1.61. The molecular formula is C17H27NO. The molecule has 0 bridgehead atoms. The van der Waals surface area contributed by atoms with Crippen LogP contribution >= 0.6 is 0 Å². The Hall–Kier alpha value is -0.860. The highest BCUT2D eigenvalue weighted by molar-refractivity contribution is 5.21. The maximum Gasteiger partial charge on any atom is 0.0480 e. The molecule has 1 aliphatic heterocycles. The molecule has 0 spiro atoms. The summed E-state index contributed by atoms with van der Waals surface area (Å²) in [7, 11) is 0. The number of hydrogen-bond donors (Lipinski definition) is 1. The van der Waals surface area contributed by atoms with E-state index >= 15 is 0 Å². The van der Waals surface area contributed by atoms with Gasteiger partial charge in [0.2, 0.25) is 0 Å². The minimum atomic E-state index is 0.217. The van der Waals surface area contributed by atoms with E-state index in [9.17, 15) is 0 Å². The van der Waals surface area contributed by atoms with E-state index in [0.717, 1.165) is 19.6 Å². The van der Waals surface area contributed by atoms with Crippen LogP contribution in [0.5, 0.6) is 0 Å². The molecule has 1 saturated heterocycles. The highest BCUT2D eigenvalue weighted by Crippen LogP contribution is 2.33. The Morgan fingerprint density at radius 1 is 1.11 bits per heavy atom. The fraction of sp³-hybridized carbons (Fsp3) is 0.647. The molecule has 1 fully saturated rings. The molecule has 2 rings (SSSR count). The van der Waals surface area contributed by atoms with E-state index in [1.807, 2.05) is 0 Å². The summed E-state index contributed by atoms with van der Waals surface area (Å²) in [6, 6.07) is 11.8. The van der Waals surface area contributed by atoms with Crippen molar-refractivity contribution in [3.63, 3.8) is 0 Å². The maximum atomic E-state index is 5.56. The van der Waals surface area contributed by atoms with Crippen LogP contribution in [0.2, 0.25) is 0 Å². The summed E-state index contributed by atoms with van der Waals surface area (Å²) in [5, 5.41) is 3.87. The Morgan fingerprint density at radius 3 is 2.53 bits per heavy atom. The lowest BCUT2D eigenvalue weighted by Crippen LogP contribution is -2.39. The standard InChI is InChI=1S/C17H27NO/c1-17(2,3)16(14-8-5-4-6-9-14)18-15-10-7-12-19-13-11-15/h4-6,8-9,15-16,18H,7,10-13H2,1-3H3. The lowest BCUT2D eigenvalue weighted by molar-refractivity contribution is 0.140. The summed E-state index contributed by atoms with van der Waals surface area (Å²) in [5.74, 6) is 0. The van der Waals surface area contributed by atoms with Crippen molar-refractivity contribution >= 4 is 0 Å². The van der Waals surface area contributed by atoms with Gasteiger partial charge in [-0.1, -0.05) is 51.1 Å². The molecule has 0 aliphatic carbocycles. The third kappa shape index (κ3) is 4.32. The topological polar surface area (TPSA) is 21.3 Å². The number of nitrogens with one attached hydrogen (secondary N) is 1. The first-order valence-electron chi connectivity index (χ1n) is 7.46. The van der Waals surface area contributed by atoms with E-state index in [-0.39, 0.29) is 5.41 Å². The highest BCUT2D eigenvalue weighted by atomic mass is 16.5. The first-order valence-corrected chi connectivity index (χ1v) is 7.46. The van der Waals surface area contributed by atoms with E-state index in [0.29, 0.717) is 12.1 Å². The average Bonchev–Trinajstić information content (AvgIpc) is 2.64. The summed E-state index contributed by atoms with van der Waals surface area (Å²) < 4.78 is 5.56. The molecule has 1 aliphatic rings. The van der Waals surface area contributed by atoms with Gasteiger partial charge in [0.05, 0.1) is 0 Å². The van der Waals surface area contributed by atoms with Crippen molar-refractivity contribution in [1.29, 1.82) is 0 Å². The van der Waals surface area contributed by atoms with Crippen molar-refractivity contribution in [1.82, 2.24) is 5.32 Å². The van der Waals surface area contributed by atoms with Crippen molar-refractivity contribution in [2.45, 2.75) is 52.1 Å². The fourth-order valence-corrected chi connectivity index (χ4v) is 2.80. The van der Waals surface area contributed by atoms with Crippen LogP contribution in [-0.2, 0) is 4.74 Å². The van der Waals surface area contributed by atoms with Gasteiger partial charge in [-0.25, -0.2) is 0 Å². The van der Waals surface area contributed by atoms with Crippen LogP contribution in [-0.4, -0.2) is 19.3 Å². The predicted molar refractivity (Wildman–Crippen MR) is 80.2 cm³/mol. The normalized spacial score (nSPS) is 22.8. The van der Waals surface area contributed by atoms with Crippen molar-refractivity contribution in [2.75, 3.05) is 13.2 Å². The third-order valence-electron chi connectivity index (χ3n) is 3.85. The smallest absolute Gasteiger partial charge is 0.0480 e. The minimum absolute atomic E-state index is 0.217. The van der Waals surface area contributed by atoms with Crippen LogP contribution in [0.25, 0.3) is 0 Å². The van der Waals surface area contributed by atoms with Crippen LogP contribution in [0.4, 0.5) is 0 Å². The van der Waals surface area contributed by atoms with E-state index in [2.05, 4.69) is 56.4 Å². The molecule has 2 nitrogen and oxygen atoms in total. The number of benzene rings is 1. The number of ether oxygens (including phenoxy) is 1. The monoisotopic (exact) mass is 261 g/mol. The molecule has 1 N–H and O–H groups in total. The first kappa shape index (κ1) is 14.5. The first-order chi connectivity index (χ1) is 9.07. The van der Waals surface area contributed by atoms with E-state index in [1.165, 1.54) is 18.4 Å². The van der Waals surface area contributed by atoms with E-state index < -0.39 is 0 Å². The molecule has 0 saturated carbocycles. The highest BCUT2D eigenvalue weighted by Gasteiger charge is 2.28. The van der Waals surface area contributed by atoms with Gasteiger partial charge in [0, 0.05) is 25.3 Å². The quantitative estimate of drug-likeness (QED) is 0.890. The molecular weight excluding hydrogens is 234 g/mol. The zero-order chi connectivity index (χ0) is 13.7. The summed E-state index contributed by atoms with van der Waals surface area (Å²) in [6.45, 7) is 8.74. The Balaban J connectivity index is 2.10. The van der Waals surface area contributed by atoms with Crippen LogP contribution in [0.1, 0.15) is 51.6 Å². The van der Waals surface area contributed by atoms with Gasteiger partial charge in [0.1, 0.15) is 0 Å². The van der Waals surface area contributed by atoms with Gasteiger partial charge >= 0.3 is 0 Å². The van der Waals surface area contributed by atoms with Crippen LogP contribution in [0.3, 0.4) is 0 Å². The van der Waals surface area contributed by atoms with Gasteiger partial charge in [-0.3, -0.25) is 0 Å². The van der Waals surface area contributed by atoms with Gasteiger partial charge < -0.3 is 10.1 Å². The largest absolute Gasteiger partial charge is 0.381 e. The second kappa shape index (κ2) is 6.53. The zero-order valence-corrected chi connectivity index (χ0v) is 12.5. The van der Waals surface area contributed by atoms with Gasteiger partial charge in [-0.05, 0) is 30.2 Å². The van der Waals surface area contributed by atoms with Gasteiger partial charge in [-0.15, -0.1) is 0 Å². The second-order valence-electron chi connectivity index (χ2n) is 6.62. The molecule has 2 heteroatoms. The SMILES string of the molecule is CC(C)(C)C(NC1CCCOCC1)c1ccccc1. The van der Waals surface area contributed by atoms with Crippen LogP contribution in [0, 0.1) is 5.41 Å². The van der Waals surface area contributed by atoms with Crippen molar-refractivity contribution in [3.8, 4) is 0 Å². The maximum absolute atomic E-state index is 5.56. The average molecular weight is 261 g/mol. The number of hydrogen-bond acceptors (Lipinski definition) is 2. The van der Waals surface area contributed by atoms with E-state index in [4.69, 9.17) is 4.74 Å². The molecule has 0 amide bonds. The molecule has 0 aromatic heterocycles. The summed E-state index contributed by atoms with van der Waals surface area (Å²) in [4.78, 5) is 0. The van der Waals surface area contributed by atoms with Gasteiger partial charge in [0.25, 0.3) is 0 Å². The van der Waals surface area contributed by atoms with Crippen LogP contribution < -0.4 is 5.32 Å². The molecule has 2 unspecified atom stereocenters. The molecule has 1 aromatic rings. The van der Waals surface area contributed by atoms with Crippen molar-refractivity contribution < 1.29 is 4.74 Å². The number of rotatable bonds is 3. The van der Waals surface area contributed by atoms with Gasteiger partial charge in [0.15, 0.2) is 0 Å². The zero-order valence-electron chi connectivity index (χ0n) is 12.5. The molecule has 106 valence electrons. The summed E-state index contributed by atoms with van der Waals surface area (Å²) >= 11 is 0. The lowest BCUT2D eigenvalue weighted by atomic mass is 9.81. The third-order valence-corrected chi connectivity index (χ3v) is 3.85. The fourth-order valence-electron chi connectivity index (χ4n) is 2.80. The molecule has 19 heavy (non-hydrogen) atoms. The Labute approximate surface area is 117 Å². The Morgan fingerprint density at radius 2 is 1.84 bits per heavy atom. The Kier molecular flexibility index (Phi) is 5.00. The minimum Gasteiger partial charge on any atom is -0.381 e. The molecule has 1 heterocycles. The summed E-state index contributed by atoms with van der Waals surface area (Å²) in [6.07, 6.45) is 3.52. The van der Waals surface area contributed by atoms with E-state index in [1.54, 1.807) is 0 Å². The second-order valence-corrected chi connectivity index (χ2v) is 6.62. The lowest BCUT2D eigenvalue weighted by Gasteiger charge is -2.35. The molecule has 0 radical (unpaired) electrons. The van der Waals surface area contributed by atoms with Crippen LogP contribution in [0.15, 0.2) is 30.3 Å². The van der Waals surface area contributed by atoms with Crippen molar-refractivity contribution in [3.05, 3.63) is 35.9 Å². The predicted octanol–water partition coefficient (Wildman–Crippen LogP) is 3.93. The molecule has 2 atom stereocenters. The van der Waals surface area contributed by atoms with Crippen molar-refractivity contribution in [2.24, 2.45) is 5.41 Å². The molecule has 1 aromatic carbocycles.